The van der Waals surface area contributed by atoms with Crippen molar-refractivity contribution in [3.05, 3.63) is 35.9 Å². The zero-order chi connectivity index (χ0) is 39.4. The number of hydrogen-bond acceptors (Lipinski definition) is 8. The van der Waals surface area contributed by atoms with Gasteiger partial charge in [0.2, 0.25) is 23.6 Å². The zero-order valence-corrected chi connectivity index (χ0v) is 34.1. The van der Waals surface area contributed by atoms with E-state index in [4.69, 9.17) is 9.47 Å². The van der Waals surface area contributed by atoms with E-state index in [-0.39, 0.29) is 53.8 Å². The summed E-state index contributed by atoms with van der Waals surface area (Å²) in [5.41, 5.74) is 0.711. The van der Waals surface area contributed by atoms with E-state index in [1.54, 1.807) is 44.9 Å². The van der Waals surface area contributed by atoms with E-state index < -0.39 is 48.4 Å². The van der Waals surface area contributed by atoms with E-state index in [1.165, 1.54) is 0 Å². The number of carbonyl (C=O) groups is 4. The van der Waals surface area contributed by atoms with Crippen LogP contribution in [0.15, 0.2) is 30.3 Å². The molecule has 0 radical (unpaired) electrons. The maximum absolute atomic E-state index is 14.2. The third kappa shape index (κ3) is 11.5. The Labute approximate surface area is 313 Å². The van der Waals surface area contributed by atoms with Crippen LogP contribution in [0.5, 0.6) is 0 Å². The maximum atomic E-state index is 14.2. The minimum absolute atomic E-state index is 0.0153. The highest BCUT2D eigenvalue weighted by molar-refractivity contribution is 5.90. The van der Waals surface area contributed by atoms with Gasteiger partial charge in [0, 0.05) is 27.8 Å². The molecular formula is C40H69N5O7. The van der Waals surface area contributed by atoms with Crippen LogP contribution in [0.1, 0.15) is 92.7 Å². The van der Waals surface area contributed by atoms with E-state index in [1.807, 2.05) is 90.9 Å². The topological polar surface area (TPSA) is 141 Å². The van der Waals surface area contributed by atoms with Crippen molar-refractivity contribution in [1.82, 2.24) is 25.3 Å². The number of aliphatic hydroxyl groups is 1. The largest absolute Gasteiger partial charge is 0.386 e. The second kappa shape index (κ2) is 21.0. The summed E-state index contributed by atoms with van der Waals surface area (Å²) in [7, 11) is 8.57. The highest BCUT2D eigenvalue weighted by Gasteiger charge is 2.43. The minimum atomic E-state index is -0.876. The molecule has 1 aliphatic rings. The molecule has 0 saturated carbocycles. The summed E-state index contributed by atoms with van der Waals surface area (Å²) in [6.45, 7) is 16.0. The van der Waals surface area contributed by atoms with Crippen molar-refractivity contribution in [2.75, 3.05) is 41.9 Å². The molecule has 12 heteroatoms. The minimum Gasteiger partial charge on any atom is -0.386 e. The number of amides is 4. The first-order chi connectivity index (χ1) is 24.4. The number of nitrogens with one attached hydrogen (secondary N) is 2. The molecule has 0 spiro atoms. The summed E-state index contributed by atoms with van der Waals surface area (Å²) in [6.07, 6.45) is 0.148. The van der Waals surface area contributed by atoms with Crippen LogP contribution in [-0.4, -0.2) is 128 Å². The van der Waals surface area contributed by atoms with E-state index >= 15 is 0 Å². The third-order valence-electron chi connectivity index (χ3n) is 10.9. The van der Waals surface area contributed by atoms with E-state index in [9.17, 15) is 24.3 Å². The fourth-order valence-electron chi connectivity index (χ4n) is 7.78. The highest BCUT2D eigenvalue weighted by atomic mass is 16.5. The van der Waals surface area contributed by atoms with Crippen molar-refractivity contribution in [2.45, 2.75) is 130 Å². The van der Waals surface area contributed by atoms with Crippen LogP contribution in [0.2, 0.25) is 0 Å². The number of rotatable bonds is 20. The average Bonchev–Trinajstić information content (AvgIpc) is 3.59. The molecule has 2 rings (SSSR count). The lowest BCUT2D eigenvalue weighted by Gasteiger charge is -2.41. The fraction of sp³-hybridized carbons (Fsp3) is 0.750. The summed E-state index contributed by atoms with van der Waals surface area (Å²) in [5.74, 6) is -1.57. The lowest BCUT2D eigenvalue weighted by Crippen LogP contribution is -2.59. The van der Waals surface area contributed by atoms with Crippen molar-refractivity contribution in [3.8, 4) is 0 Å². The molecule has 4 amide bonds. The van der Waals surface area contributed by atoms with Crippen molar-refractivity contribution in [2.24, 2.45) is 23.7 Å². The van der Waals surface area contributed by atoms with Crippen molar-refractivity contribution in [1.29, 1.82) is 0 Å². The number of methoxy groups -OCH3 is 2. The summed E-state index contributed by atoms with van der Waals surface area (Å²) in [5, 5.41) is 16.8. The number of hydrogen-bond donors (Lipinski definition) is 3. The SMILES string of the molecule is CC[C@H](C)[C@@H](C(CC(=O)N1CCC[C@H]1[C@H](OC)C(C)C(=O)N[C@H](C)[C@@H](O)c1ccccc1)OC)N(C)C(=O)[C@@H](NC(=O)[C@H](C(C)C)N(C)C)C(C)C. The Morgan fingerprint density at radius 3 is 2.02 bits per heavy atom. The Hall–Kier alpha value is -3.06. The van der Waals surface area contributed by atoms with Crippen LogP contribution in [-0.2, 0) is 28.7 Å². The smallest absolute Gasteiger partial charge is 0.245 e. The van der Waals surface area contributed by atoms with E-state index in [0.717, 1.165) is 12.8 Å². The normalized spacial score (nSPS) is 20.1. The van der Waals surface area contributed by atoms with Crippen LogP contribution < -0.4 is 10.6 Å². The predicted molar refractivity (Wildman–Crippen MR) is 204 cm³/mol. The molecule has 0 aliphatic carbocycles. The van der Waals surface area contributed by atoms with Gasteiger partial charge in [0.25, 0.3) is 0 Å². The van der Waals surface area contributed by atoms with Gasteiger partial charge in [-0.2, -0.15) is 0 Å². The lowest BCUT2D eigenvalue weighted by atomic mass is 9.89. The molecular weight excluding hydrogens is 662 g/mol. The quantitative estimate of drug-likeness (QED) is 0.184. The predicted octanol–water partition coefficient (Wildman–Crippen LogP) is 3.87. The van der Waals surface area contributed by atoms with Crippen molar-refractivity contribution in [3.63, 3.8) is 0 Å². The first-order valence-corrected chi connectivity index (χ1v) is 19.0. The van der Waals surface area contributed by atoms with Crippen molar-refractivity contribution < 1.29 is 33.8 Å². The molecule has 0 aromatic heterocycles. The van der Waals surface area contributed by atoms with Crippen LogP contribution >= 0.6 is 0 Å². The van der Waals surface area contributed by atoms with Crippen LogP contribution in [0.4, 0.5) is 0 Å². The molecule has 1 aromatic carbocycles. The molecule has 12 nitrogen and oxygen atoms in total. The summed E-state index contributed by atoms with van der Waals surface area (Å²) in [4.78, 5) is 60.6. The Morgan fingerprint density at radius 2 is 1.52 bits per heavy atom. The van der Waals surface area contributed by atoms with Crippen LogP contribution in [0.3, 0.4) is 0 Å². The zero-order valence-electron chi connectivity index (χ0n) is 34.1. The maximum Gasteiger partial charge on any atom is 0.245 e. The number of benzene rings is 1. The number of nitrogens with zero attached hydrogens (tertiary/aromatic N) is 3. The molecule has 2 unspecified atom stereocenters. The first-order valence-electron chi connectivity index (χ1n) is 19.0. The van der Waals surface area contributed by atoms with Gasteiger partial charge in [0.15, 0.2) is 0 Å². The van der Waals surface area contributed by atoms with Crippen LogP contribution in [0.25, 0.3) is 0 Å². The molecule has 3 N–H and O–H groups in total. The van der Waals surface area contributed by atoms with Gasteiger partial charge in [-0.3, -0.25) is 24.1 Å². The van der Waals surface area contributed by atoms with Gasteiger partial charge < -0.3 is 35.0 Å². The molecule has 52 heavy (non-hydrogen) atoms. The monoisotopic (exact) mass is 732 g/mol. The molecule has 1 fully saturated rings. The summed E-state index contributed by atoms with van der Waals surface area (Å²) in [6, 6.07) is 6.72. The summed E-state index contributed by atoms with van der Waals surface area (Å²) < 4.78 is 11.9. The second-order valence-corrected chi connectivity index (χ2v) is 15.6. The van der Waals surface area contributed by atoms with Crippen molar-refractivity contribution >= 4 is 23.6 Å². The number of ether oxygens (including phenoxy) is 2. The van der Waals surface area contributed by atoms with Crippen LogP contribution in [0, 0.1) is 23.7 Å². The third-order valence-corrected chi connectivity index (χ3v) is 10.9. The molecule has 10 atom stereocenters. The fourth-order valence-corrected chi connectivity index (χ4v) is 7.78. The van der Waals surface area contributed by atoms with E-state index in [2.05, 4.69) is 10.6 Å². The lowest BCUT2D eigenvalue weighted by molar-refractivity contribution is -0.148. The molecule has 0 bridgehead atoms. The van der Waals surface area contributed by atoms with Gasteiger partial charge in [0.05, 0.1) is 54.8 Å². The van der Waals surface area contributed by atoms with E-state index in [0.29, 0.717) is 18.5 Å². The molecule has 1 saturated heterocycles. The Kier molecular flexibility index (Phi) is 18.2. The van der Waals surface area contributed by atoms with Gasteiger partial charge >= 0.3 is 0 Å². The molecule has 296 valence electrons. The van der Waals surface area contributed by atoms with Gasteiger partial charge in [-0.1, -0.05) is 85.2 Å². The number of aliphatic hydroxyl groups excluding tert-OH is 1. The number of carbonyl (C=O) groups excluding carboxylic acids is 4. The first kappa shape index (κ1) is 45.1. The number of likely N-dealkylation sites (tertiary alicyclic amines) is 1. The second-order valence-electron chi connectivity index (χ2n) is 15.6. The molecule has 1 aliphatic heterocycles. The van der Waals surface area contributed by atoms with Gasteiger partial charge in [-0.15, -0.1) is 0 Å². The highest BCUT2D eigenvalue weighted by Crippen LogP contribution is 2.30. The van der Waals surface area contributed by atoms with Gasteiger partial charge in [-0.05, 0) is 57.2 Å². The Balaban J connectivity index is 2.25. The summed E-state index contributed by atoms with van der Waals surface area (Å²) >= 11 is 0. The molecule has 1 aromatic rings. The average molecular weight is 732 g/mol. The standard InChI is InChI=1S/C40H69N5O7/c1-14-26(6)35(44(11)40(50)33(24(2)3)42-39(49)34(25(4)5)43(9)10)31(51-12)23-32(46)45-22-18-21-30(45)37(52-13)27(7)38(48)41-28(8)36(47)29-19-16-15-17-20-29/h15-17,19-20,24-28,30-31,33-37,47H,14,18,21-23H2,1-13H3,(H,41,48)(H,42,49)/t26-,27?,28+,30-,31?,33-,34-,35-,36+,37+/m0/s1. The van der Waals surface area contributed by atoms with Gasteiger partial charge in [0.1, 0.15) is 6.04 Å². The van der Waals surface area contributed by atoms with Gasteiger partial charge in [-0.25, -0.2) is 0 Å². The number of likely N-dealkylation sites (N-methyl/N-ethyl adjacent to an activating group) is 2. The Morgan fingerprint density at radius 1 is 0.904 bits per heavy atom. The molecule has 1 heterocycles. The Bertz CT molecular complexity index is 1270.